The number of hydrogen-bond acceptors (Lipinski definition) is 5. The van der Waals surface area contributed by atoms with Crippen LogP contribution in [0.2, 0.25) is 0 Å². The predicted molar refractivity (Wildman–Crippen MR) is 88.4 cm³/mol. The number of pyridine rings is 1. The van der Waals surface area contributed by atoms with Gasteiger partial charge in [-0.1, -0.05) is 0 Å². The number of nitrogens with one attached hydrogen (secondary N) is 1. The number of carbonyl (C=O) groups excluding carboxylic acids is 2. The van der Waals surface area contributed by atoms with E-state index in [0.29, 0.717) is 11.5 Å². The first kappa shape index (κ1) is 16.0. The van der Waals surface area contributed by atoms with E-state index in [1.165, 1.54) is 4.90 Å². The Kier molecular flexibility index (Phi) is 3.79. The molecule has 1 N–H and O–H groups in total. The molecule has 7 nitrogen and oxygen atoms in total. The standard InChI is InChI=1S/C17H20N4O3/c1-11-5-6-13(24-11)17(2)15(22)21(16(23)19-17)10-12-7-8-18-14(9-12)20(3)4/h5-9H,10H2,1-4H3,(H,19,23)/t17-/m1/s1. The predicted octanol–water partition coefficient (Wildman–Crippen LogP) is 2.02. The summed E-state index contributed by atoms with van der Waals surface area (Å²) in [6.07, 6.45) is 1.66. The van der Waals surface area contributed by atoms with Crippen LogP contribution in [-0.4, -0.2) is 35.9 Å². The Bertz CT molecular complexity index is 799. The van der Waals surface area contributed by atoms with Crippen molar-refractivity contribution in [2.24, 2.45) is 0 Å². The molecule has 1 saturated heterocycles. The number of urea groups is 1. The smallest absolute Gasteiger partial charge is 0.325 e. The third-order valence-corrected chi connectivity index (χ3v) is 4.12. The summed E-state index contributed by atoms with van der Waals surface area (Å²) in [6, 6.07) is 6.70. The van der Waals surface area contributed by atoms with Gasteiger partial charge in [0.15, 0.2) is 5.54 Å². The molecule has 126 valence electrons. The zero-order valence-electron chi connectivity index (χ0n) is 14.2. The number of rotatable bonds is 4. The van der Waals surface area contributed by atoms with Gasteiger partial charge in [-0.3, -0.25) is 9.69 Å². The first-order valence-corrected chi connectivity index (χ1v) is 7.64. The van der Waals surface area contributed by atoms with Crippen molar-refractivity contribution in [3.8, 4) is 0 Å². The number of furan rings is 1. The van der Waals surface area contributed by atoms with Crippen LogP contribution >= 0.6 is 0 Å². The summed E-state index contributed by atoms with van der Waals surface area (Å²) in [4.78, 5) is 32.5. The Balaban J connectivity index is 1.86. The fourth-order valence-electron chi connectivity index (χ4n) is 2.70. The van der Waals surface area contributed by atoms with Crippen LogP contribution in [0, 0.1) is 6.92 Å². The Morgan fingerprint density at radius 3 is 2.67 bits per heavy atom. The van der Waals surface area contributed by atoms with E-state index < -0.39 is 11.6 Å². The van der Waals surface area contributed by atoms with Crippen molar-refractivity contribution in [2.45, 2.75) is 25.9 Å². The number of imide groups is 1. The lowest BCUT2D eigenvalue weighted by Gasteiger charge is -2.19. The first-order chi connectivity index (χ1) is 11.3. The van der Waals surface area contributed by atoms with Gasteiger partial charge in [0.1, 0.15) is 17.3 Å². The molecule has 0 unspecified atom stereocenters. The Morgan fingerprint density at radius 1 is 1.29 bits per heavy atom. The third-order valence-electron chi connectivity index (χ3n) is 4.12. The molecular weight excluding hydrogens is 308 g/mol. The fourth-order valence-corrected chi connectivity index (χ4v) is 2.70. The number of anilines is 1. The summed E-state index contributed by atoms with van der Waals surface area (Å²) in [7, 11) is 3.77. The number of amides is 3. The van der Waals surface area contributed by atoms with E-state index in [1.54, 1.807) is 38.2 Å². The van der Waals surface area contributed by atoms with Gasteiger partial charge in [0, 0.05) is 20.3 Å². The molecule has 1 atom stereocenters. The van der Waals surface area contributed by atoms with Gasteiger partial charge in [0.2, 0.25) is 0 Å². The quantitative estimate of drug-likeness (QED) is 0.869. The maximum Gasteiger partial charge on any atom is 0.325 e. The molecule has 0 bridgehead atoms. The van der Waals surface area contributed by atoms with Crippen LogP contribution in [0.1, 0.15) is 24.0 Å². The van der Waals surface area contributed by atoms with Crippen LogP contribution < -0.4 is 10.2 Å². The maximum absolute atomic E-state index is 12.8. The van der Waals surface area contributed by atoms with Gasteiger partial charge in [0.25, 0.3) is 5.91 Å². The largest absolute Gasteiger partial charge is 0.463 e. The van der Waals surface area contributed by atoms with Gasteiger partial charge in [-0.2, -0.15) is 0 Å². The molecule has 3 rings (SSSR count). The van der Waals surface area contributed by atoms with E-state index in [-0.39, 0.29) is 12.5 Å². The van der Waals surface area contributed by atoms with E-state index in [1.807, 2.05) is 25.1 Å². The lowest BCUT2D eigenvalue weighted by Crippen LogP contribution is -2.40. The second-order valence-electron chi connectivity index (χ2n) is 6.27. The van der Waals surface area contributed by atoms with Crippen molar-refractivity contribution in [3.05, 3.63) is 47.5 Å². The zero-order chi connectivity index (χ0) is 17.5. The molecule has 24 heavy (non-hydrogen) atoms. The average molecular weight is 328 g/mol. The van der Waals surface area contributed by atoms with Crippen LogP contribution in [0.5, 0.6) is 0 Å². The normalized spacial score (nSPS) is 20.4. The minimum atomic E-state index is -1.18. The Hall–Kier alpha value is -2.83. The minimum absolute atomic E-state index is 0.184. The molecule has 0 aromatic carbocycles. The second-order valence-corrected chi connectivity index (χ2v) is 6.27. The molecule has 7 heteroatoms. The molecule has 0 aliphatic carbocycles. The maximum atomic E-state index is 12.8. The molecule has 2 aromatic rings. The summed E-state index contributed by atoms with van der Waals surface area (Å²) < 4.78 is 5.56. The van der Waals surface area contributed by atoms with E-state index in [4.69, 9.17) is 4.42 Å². The SMILES string of the molecule is Cc1ccc([C@@]2(C)NC(=O)N(Cc3ccnc(N(C)C)c3)C2=O)o1. The first-order valence-electron chi connectivity index (χ1n) is 7.64. The Morgan fingerprint density at radius 2 is 2.04 bits per heavy atom. The molecule has 1 aliphatic rings. The Labute approximate surface area is 140 Å². The van der Waals surface area contributed by atoms with E-state index >= 15 is 0 Å². The van der Waals surface area contributed by atoms with Crippen molar-refractivity contribution >= 4 is 17.8 Å². The molecule has 3 heterocycles. The van der Waals surface area contributed by atoms with Gasteiger partial charge < -0.3 is 14.6 Å². The van der Waals surface area contributed by atoms with Crippen LogP contribution in [0.3, 0.4) is 0 Å². The minimum Gasteiger partial charge on any atom is -0.463 e. The van der Waals surface area contributed by atoms with Crippen molar-refractivity contribution in [1.29, 1.82) is 0 Å². The summed E-state index contributed by atoms with van der Waals surface area (Å²) in [6.45, 7) is 3.64. The molecular formula is C17H20N4O3. The average Bonchev–Trinajstić information content (AvgIpc) is 3.06. The van der Waals surface area contributed by atoms with Crippen molar-refractivity contribution in [3.63, 3.8) is 0 Å². The van der Waals surface area contributed by atoms with Crippen LogP contribution in [0.25, 0.3) is 0 Å². The molecule has 0 radical (unpaired) electrons. The van der Waals surface area contributed by atoms with E-state index in [0.717, 1.165) is 11.4 Å². The monoisotopic (exact) mass is 328 g/mol. The van der Waals surface area contributed by atoms with E-state index in [9.17, 15) is 9.59 Å². The van der Waals surface area contributed by atoms with E-state index in [2.05, 4.69) is 10.3 Å². The van der Waals surface area contributed by atoms with Crippen molar-refractivity contribution in [2.75, 3.05) is 19.0 Å². The highest BCUT2D eigenvalue weighted by Crippen LogP contribution is 2.31. The summed E-state index contributed by atoms with van der Waals surface area (Å²) in [5.41, 5.74) is -0.347. The lowest BCUT2D eigenvalue weighted by molar-refractivity contribution is -0.132. The molecule has 3 amide bonds. The van der Waals surface area contributed by atoms with Crippen LogP contribution in [0.4, 0.5) is 10.6 Å². The number of carbonyl (C=O) groups is 2. The molecule has 1 aliphatic heterocycles. The zero-order valence-corrected chi connectivity index (χ0v) is 14.2. The number of nitrogens with zero attached hydrogens (tertiary/aromatic N) is 3. The molecule has 0 saturated carbocycles. The fraction of sp³-hybridized carbons (Fsp3) is 0.353. The number of aryl methyl sites for hydroxylation is 1. The van der Waals surface area contributed by atoms with Gasteiger partial charge in [0.05, 0.1) is 6.54 Å². The summed E-state index contributed by atoms with van der Waals surface area (Å²) >= 11 is 0. The number of hydrogen-bond donors (Lipinski definition) is 1. The topological polar surface area (TPSA) is 78.7 Å². The van der Waals surface area contributed by atoms with Gasteiger partial charge in [-0.15, -0.1) is 0 Å². The number of aromatic nitrogens is 1. The van der Waals surface area contributed by atoms with Crippen LogP contribution in [0.15, 0.2) is 34.9 Å². The van der Waals surface area contributed by atoms with Crippen molar-refractivity contribution in [1.82, 2.24) is 15.2 Å². The summed E-state index contributed by atoms with van der Waals surface area (Å²) in [5.74, 6) is 1.56. The summed E-state index contributed by atoms with van der Waals surface area (Å²) in [5, 5.41) is 2.74. The molecule has 0 spiro atoms. The van der Waals surface area contributed by atoms with Crippen molar-refractivity contribution < 1.29 is 14.0 Å². The second kappa shape index (κ2) is 5.67. The van der Waals surface area contributed by atoms with Crippen LogP contribution in [-0.2, 0) is 16.9 Å². The van der Waals surface area contributed by atoms with Gasteiger partial charge >= 0.3 is 6.03 Å². The lowest BCUT2D eigenvalue weighted by atomic mass is 9.99. The van der Waals surface area contributed by atoms with Gasteiger partial charge in [-0.25, -0.2) is 9.78 Å². The third kappa shape index (κ3) is 2.62. The highest BCUT2D eigenvalue weighted by atomic mass is 16.3. The highest BCUT2D eigenvalue weighted by molar-refractivity contribution is 6.06. The highest BCUT2D eigenvalue weighted by Gasteiger charge is 2.51. The molecule has 2 aromatic heterocycles. The molecule has 1 fully saturated rings. The van der Waals surface area contributed by atoms with Gasteiger partial charge in [-0.05, 0) is 43.7 Å².